The first-order valence-corrected chi connectivity index (χ1v) is 17.9. The van der Waals surface area contributed by atoms with E-state index < -0.39 is 28.5 Å². The minimum absolute atomic E-state index is 0.0563. The molecule has 9 heteroatoms. The second kappa shape index (κ2) is 15.1. The third kappa shape index (κ3) is 8.25. The molecule has 1 atom stereocenters. The van der Waals surface area contributed by atoms with Crippen LogP contribution in [0.2, 0.25) is 0 Å². The van der Waals surface area contributed by atoms with Crippen molar-refractivity contribution in [1.82, 2.24) is 10.2 Å². The molecule has 1 aliphatic rings. The molecule has 0 heterocycles. The number of sulfonamides is 1. The van der Waals surface area contributed by atoms with E-state index >= 15 is 0 Å². The number of nitrogens with zero attached hydrogens (tertiary/aromatic N) is 2. The van der Waals surface area contributed by atoms with Gasteiger partial charge in [0.15, 0.2) is 0 Å². The summed E-state index contributed by atoms with van der Waals surface area (Å²) >= 11 is 3.48. The molecule has 1 fully saturated rings. The number of nitrogens with one attached hydrogen (secondary N) is 1. The van der Waals surface area contributed by atoms with Crippen molar-refractivity contribution >= 4 is 43.5 Å². The van der Waals surface area contributed by atoms with Gasteiger partial charge in [0.05, 0.1) is 10.6 Å². The Morgan fingerprint density at radius 3 is 2.11 bits per heavy atom. The number of anilines is 1. The smallest absolute Gasteiger partial charge is 0.264 e. The van der Waals surface area contributed by atoms with Crippen LogP contribution in [-0.4, -0.2) is 43.8 Å². The number of halogens is 1. The van der Waals surface area contributed by atoms with Crippen LogP contribution in [0.15, 0.2) is 112 Å². The van der Waals surface area contributed by atoms with Crippen molar-refractivity contribution in [2.75, 3.05) is 10.8 Å². The van der Waals surface area contributed by atoms with Gasteiger partial charge in [0, 0.05) is 23.5 Å². The molecule has 1 aliphatic carbocycles. The maximum atomic E-state index is 14.6. The lowest BCUT2D eigenvalue weighted by Gasteiger charge is -2.34. The third-order valence-electron chi connectivity index (χ3n) is 8.51. The topological polar surface area (TPSA) is 86.8 Å². The Hall–Kier alpha value is -3.95. The second-order valence-electron chi connectivity index (χ2n) is 12.0. The van der Waals surface area contributed by atoms with E-state index in [1.807, 2.05) is 80.6 Å². The van der Waals surface area contributed by atoms with Gasteiger partial charge in [-0.3, -0.25) is 13.9 Å². The van der Waals surface area contributed by atoms with Gasteiger partial charge >= 0.3 is 0 Å². The standard InChI is InChI=1S/C37H40BrN3O4S/c1-27-16-22-33(23-17-27)46(44,45)41(34-15-9-6-10-28(34)2)26-36(42)40(25-30-18-20-31(38)21-19-30)35(24-29-11-4-3-5-12-29)37(43)39-32-13-7-8-14-32/h3-6,9-12,15-23,32,35H,7-8,13-14,24-26H2,1-2H3,(H,39,43)/t35-/m0/s1. The fraction of sp³-hybridized carbons (Fsp3) is 0.297. The number of rotatable bonds is 12. The number of amides is 2. The Kier molecular flexibility index (Phi) is 11.0. The first-order valence-electron chi connectivity index (χ1n) is 15.6. The maximum Gasteiger partial charge on any atom is 0.264 e. The van der Waals surface area contributed by atoms with Crippen LogP contribution in [0, 0.1) is 13.8 Å². The average molecular weight is 703 g/mol. The fourth-order valence-corrected chi connectivity index (χ4v) is 7.65. The van der Waals surface area contributed by atoms with Gasteiger partial charge in [-0.15, -0.1) is 0 Å². The Bertz CT molecular complexity index is 1740. The van der Waals surface area contributed by atoms with Gasteiger partial charge in [0.2, 0.25) is 11.8 Å². The summed E-state index contributed by atoms with van der Waals surface area (Å²) < 4.78 is 30.6. The molecule has 1 saturated carbocycles. The number of hydrogen-bond acceptors (Lipinski definition) is 4. The van der Waals surface area contributed by atoms with Crippen LogP contribution in [0.4, 0.5) is 5.69 Å². The van der Waals surface area contributed by atoms with Crippen LogP contribution in [0.3, 0.4) is 0 Å². The lowest BCUT2D eigenvalue weighted by molar-refractivity contribution is -0.140. The summed E-state index contributed by atoms with van der Waals surface area (Å²) in [5, 5.41) is 3.21. The molecule has 0 saturated heterocycles. The monoisotopic (exact) mass is 701 g/mol. The molecular formula is C37H40BrN3O4S. The first kappa shape index (κ1) is 33.4. The molecule has 0 bridgehead atoms. The number of carbonyl (C=O) groups excluding carboxylic acids is 2. The minimum Gasteiger partial charge on any atom is -0.352 e. The molecule has 7 nitrogen and oxygen atoms in total. The Morgan fingerprint density at radius 1 is 0.826 bits per heavy atom. The molecule has 1 N–H and O–H groups in total. The van der Waals surface area contributed by atoms with E-state index in [1.54, 1.807) is 41.3 Å². The SMILES string of the molecule is Cc1ccc(S(=O)(=O)N(CC(=O)N(Cc2ccc(Br)cc2)[C@@H](Cc2ccccc2)C(=O)NC2CCCC2)c2ccccc2C)cc1. The predicted octanol–water partition coefficient (Wildman–Crippen LogP) is 6.96. The largest absolute Gasteiger partial charge is 0.352 e. The van der Waals surface area contributed by atoms with Crippen molar-refractivity contribution in [2.24, 2.45) is 0 Å². The molecule has 0 aromatic heterocycles. The zero-order valence-electron chi connectivity index (χ0n) is 26.2. The molecule has 0 spiro atoms. The molecule has 0 radical (unpaired) electrons. The molecule has 4 aromatic carbocycles. The zero-order valence-corrected chi connectivity index (χ0v) is 28.6. The number of hydrogen-bond donors (Lipinski definition) is 1. The molecule has 5 rings (SSSR count). The van der Waals surface area contributed by atoms with Gasteiger partial charge in [-0.1, -0.05) is 107 Å². The fourth-order valence-electron chi connectivity index (χ4n) is 5.90. The number of benzene rings is 4. The maximum absolute atomic E-state index is 14.6. The van der Waals surface area contributed by atoms with E-state index in [4.69, 9.17) is 0 Å². The Balaban J connectivity index is 1.57. The third-order valence-corrected chi connectivity index (χ3v) is 10.8. The van der Waals surface area contributed by atoms with Gasteiger partial charge in [0.1, 0.15) is 12.6 Å². The zero-order chi connectivity index (χ0) is 32.7. The number of aryl methyl sites for hydroxylation is 2. The minimum atomic E-state index is -4.14. The van der Waals surface area contributed by atoms with Crippen molar-refractivity contribution in [3.63, 3.8) is 0 Å². The van der Waals surface area contributed by atoms with Gasteiger partial charge in [-0.05, 0) is 73.7 Å². The molecule has 46 heavy (non-hydrogen) atoms. The summed E-state index contributed by atoms with van der Waals surface area (Å²) in [6, 6.07) is 30.2. The van der Waals surface area contributed by atoms with Crippen LogP contribution >= 0.6 is 15.9 Å². The summed E-state index contributed by atoms with van der Waals surface area (Å²) in [5.41, 5.74) is 3.79. The highest BCUT2D eigenvalue weighted by Crippen LogP contribution is 2.28. The summed E-state index contributed by atoms with van der Waals surface area (Å²) in [6.45, 7) is 3.38. The molecule has 4 aromatic rings. The van der Waals surface area contributed by atoms with Crippen LogP contribution in [0.25, 0.3) is 0 Å². The van der Waals surface area contributed by atoms with Crippen LogP contribution in [0.5, 0.6) is 0 Å². The quantitative estimate of drug-likeness (QED) is 0.173. The van der Waals surface area contributed by atoms with Crippen molar-refractivity contribution < 1.29 is 18.0 Å². The predicted molar refractivity (Wildman–Crippen MR) is 186 cm³/mol. The van der Waals surface area contributed by atoms with Crippen molar-refractivity contribution in [1.29, 1.82) is 0 Å². The molecule has 0 aliphatic heterocycles. The van der Waals surface area contributed by atoms with Crippen LogP contribution < -0.4 is 9.62 Å². The van der Waals surface area contributed by atoms with Gasteiger partial charge < -0.3 is 10.2 Å². The van der Waals surface area contributed by atoms with Gasteiger partial charge in [0.25, 0.3) is 10.0 Å². The first-order chi connectivity index (χ1) is 22.1. The summed E-state index contributed by atoms with van der Waals surface area (Å²) in [4.78, 5) is 30.4. The van der Waals surface area contributed by atoms with Gasteiger partial charge in [-0.2, -0.15) is 0 Å². The lowest BCUT2D eigenvalue weighted by atomic mass is 10.0. The highest BCUT2D eigenvalue weighted by atomic mass is 79.9. The van der Waals surface area contributed by atoms with Crippen LogP contribution in [0.1, 0.15) is 47.9 Å². The van der Waals surface area contributed by atoms with Crippen LogP contribution in [-0.2, 0) is 32.6 Å². The average Bonchev–Trinajstić information content (AvgIpc) is 3.56. The lowest BCUT2D eigenvalue weighted by Crippen LogP contribution is -2.54. The summed E-state index contributed by atoms with van der Waals surface area (Å²) in [7, 11) is -4.14. The van der Waals surface area contributed by atoms with Crippen molar-refractivity contribution in [2.45, 2.75) is 69.5 Å². The molecular weight excluding hydrogens is 662 g/mol. The van der Waals surface area contributed by atoms with Gasteiger partial charge in [-0.25, -0.2) is 8.42 Å². The van der Waals surface area contributed by atoms with Crippen molar-refractivity contribution in [3.05, 3.63) is 130 Å². The normalized spacial score (nSPS) is 14.1. The Labute approximate surface area is 280 Å². The Morgan fingerprint density at radius 2 is 1.46 bits per heavy atom. The van der Waals surface area contributed by atoms with E-state index in [1.165, 1.54) is 4.31 Å². The molecule has 240 valence electrons. The molecule has 2 amide bonds. The van der Waals surface area contributed by atoms with Crippen molar-refractivity contribution in [3.8, 4) is 0 Å². The molecule has 0 unspecified atom stereocenters. The number of carbonyl (C=O) groups is 2. The summed E-state index contributed by atoms with van der Waals surface area (Å²) in [6.07, 6.45) is 4.20. The van der Waals surface area contributed by atoms with E-state index in [-0.39, 0.29) is 29.8 Å². The highest BCUT2D eigenvalue weighted by molar-refractivity contribution is 9.10. The van der Waals surface area contributed by atoms with E-state index in [9.17, 15) is 18.0 Å². The van der Waals surface area contributed by atoms with E-state index in [0.717, 1.165) is 46.8 Å². The van der Waals surface area contributed by atoms with E-state index in [0.29, 0.717) is 11.3 Å². The van der Waals surface area contributed by atoms with E-state index in [2.05, 4.69) is 21.2 Å². The summed E-state index contributed by atoms with van der Waals surface area (Å²) in [5.74, 6) is -0.700. The highest BCUT2D eigenvalue weighted by Gasteiger charge is 2.36. The second-order valence-corrected chi connectivity index (χ2v) is 14.7. The number of para-hydroxylation sites is 1.